The molecule has 4 nitrogen and oxygen atoms in total. The average Bonchev–Trinajstić information content (AvgIpc) is 3.39. The van der Waals surface area contributed by atoms with E-state index in [4.69, 9.17) is 4.98 Å². The van der Waals surface area contributed by atoms with Crippen molar-refractivity contribution in [1.82, 2.24) is 9.97 Å². The first-order valence-corrected chi connectivity index (χ1v) is 25.0. The van der Waals surface area contributed by atoms with Crippen LogP contribution in [0.4, 0.5) is 0 Å². The number of aromatic nitrogens is 2. The minimum Gasteiger partial charge on any atom is -0.512 e. The summed E-state index contributed by atoms with van der Waals surface area (Å²) in [5.74, 6) is 7.91. The van der Waals surface area contributed by atoms with E-state index in [0.717, 1.165) is 47.2 Å². The quantitative estimate of drug-likeness (QED) is 0.0693. The van der Waals surface area contributed by atoms with Crippen LogP contribution in [-0.2, 0) is 30.3 Å². The summed E-state index contributed by atoms with van der Waals surface area (Å²) in [6.07, 6.45) is 6.62. The summed E-state index contributed by atoms with van der Waals surface area (Å²) in [7, 11) is 0. The van der Waals surface area contributed by atoms with Gasteiger partial charge in [0.15, 0.2) is 5.78 Å². The van der Waals surface area contributed by atoms with E-state index in [1.165, 1.54) is 36.9 Å². The third kappa shape index (κ3) is 9.00. The summed E-state index contributed by atoms with van der Waals surface area (Å²) in [5, 5.41) is 13.5. The molecule has 0 amide bonds. The van der Waals surface area contributed by atoms with Crippen LogP contribution in [0, 0.1) is 17.9 Å². The van der Waals surface area contributed by atoms with Gasteiger partial charge in [0.1, 0.15) is 0 Å². The predicted octanol–water partition coefficient (Wildman–Crippen LogP) is 11.2. The van der Waals surface area contributed by atoms with Crippen LogP contribution < -0.4 is 4.40 Å². The van der Waals surface area contributed by atoms with Crippen molar-refractivity contribution in [2.24, 2.45) is 11.8 Å². The Balaban J connectivity index is 0.000000322. The number of hydrogen-bond acceptors (Lipinski definition) is 5. The number of aliphatic hydroxyl groups is 1. The molecule has 0 atom stereocenters. The fourth-order valence-corrected chi connectivity index (χ4v) is 10.6. The summed E-state index contributed by atoms with van der Waals surface area (Å²) in [6.45, 7) is 14.9. The molecule has 47 heavy (non-hydrogen) atoms. The molecule has 0 spiro atoms. The molecule has 253 valence electrons. The summed E-state index contributed by atoms with van der Waals surface area (Å²) in [6, 6.07) is 21.5. The van der Waals surface area contributed by atoms with Crippen molar-refractivity contribution in [3.63, 3.8) is 0 Å². The number of ketones is 1. The van der Waals surface area contributed by atoms with Crippen LogP contribution >= 0.6 is 11.3 Å². The number of allylic oxidation sites excluding steroid dienone is 2. The van der Waals surface area contributed by atoms with Crippen molar-refractivity contribution in [2.75, 3.05) is 0 Å². The van der Waals surface area contributed by atoms with E-state index in [9.17, 15) is 9.90 Å². The molecule has 1 radical (unpaired) electrons. The Morgan fingerprint density at radius 3 is 2.15 bits per heavy atom. The van der Waals surface area contributed by atoms with E-state index in [1.54, 1.807) is 17.7 Å². The third-order valence-corrected chi connectivity index (χ3v) is 14.4. The molecule has 0 saturated heterocycles. The first-order valence-electron chi connectivity index (χ1n) is 16.8. The predicted molar refractivity (Wildman–Crippen MR) is 202 cm³/mol. The van der Waals surface area contributed by atoms with Crippen LogP contribution in [0.2, 0.25) is 17.3 Å². The fraction of sp³-hybridized carbons (Fsp3) is 0.425. The van der Waals surface area contributed by atoms with Crippen molar-refractivity contribution < 1.29 is 30.0 Å². The molecule has 5 rings (SSSR count). The molecule has 0 aliphatic carbocycles. The van der Waals surface area contributed by atoms with Crippen LogP contribution in [0.1, 0.15) is 79.7 Å². The molecular weight excluding hydrogens is 837 g/mol. The molecule has 0 saturated carbocycles. The largest absolute Gasteiger partial charge is 0.512 e. The SMILES string of the molecule is CC(C)(C)c1ccc2c(c1)sc1c(-c3[c-]c4ccccc4[c]([Ge]([CH3])([CH3])[CH3])c3)ncnc12.CCC(CC)C(=O)/C=C(\O)C(CC)CC.[Ir]. The molecule has 7 heteroatoms. The Labute approximate surface area is 302 Å². The van der Waals surface area contributed by atoms with Gasteiger partial charge < -0.3 is 5.11 Å². The molecule has 0 bridgehead atoms. The van der Waals surface area contributed by atoms with Gasteiger partial charge in [-0.2, -0.15) is 0 Å². The summed E-state index contributed by atoms with van der Waals surface area (Å²) in [4.78, 5) is 21.2. The minimum atomic E-state index is -2.10. The third-order valence-electron chi connectivity index (χ3n) is 9.04. The Hall–Kier alpha value is -2.38. The Bertz CT molecular complexity index is 1860. The molecule has 0 unspecified atom stereocenters. The maximum absolute atomic E-state index is 11.7. The molecule has 0 aliphatic rings. The summed E-state index contributed by atoms with van der Waals surface area (Å²) in [5.41, 5.74) is 4.61. The van der Waals surface area contributed by atoms with Gasteiger partial charge in [-0.15, -0.1) is 0 Å². The Kier molecular flexibility index (Phi) is 13.6. The van der Waals surface area contributed by atoms with Crippen LogP contribution in [0.5, 0.6) is 0 Å². The van der Waals surface area contributed by atoms with Gasteiger partial charge in [-0.1, -0.05) is 27.7 Å². The van der Waals surface area contributed by atoms with E-state index in [0.29, 0.717) is 0 Å². The van der Waals surface area contributed by atoms with Gasteiger partial charge >= 0.3 is 191 Å². The molecule has 0 fully saturated rings. The van der Waals surface area contributed by atoms with Gasteiger partial charge in [0.25, 0.3) is 0 Å². The van der Waals surface area contributed by atoms with Gasteiger partial charge in [0.05, 0.1) is 5.76 Å². The zero-order valence-corrected chi connectivity index (χ0v) is 35.1. The van der Waals surface area contributed by atoms with Crippen molar-refractivity contribution in [2.45, 2.75) is 96.8 Å². The van der Waals surface area contributed by atoms with Gasteiger partial charge in [0, 0.05) is 38.0 Å². The number of carbonyl (C=O) groups excluding carboxylic acids is 1. The molecule has 2 heterocycles. The van der Waals surface area contributed by atoms with E-state index in [-0.39, 0.29) is 48.9 Å². The molecular formula is C40H51GeIrN2O2S-. The van der Waals surface area contributed by atoms with Crippen LogP contribution in [-0.4, -0.2) is 34.1 Å². The first-order chi connectivity index (χ1) is 21.7. The van der Waals surface area contributed by atoms with Crippen LogP contribution in [0.15, 0.2) is 66.7 Å². The maximum Gasteiger partial charge on any atom is 0.162 e. The molecule has 2 aromatic heterocycles. The van der Waals surface area contributed by atoms with Gasteiger partial charge in [0.2, 0.25) is 0 Å². The second kappa shape index (κ2) is 16.3. The normalized spacial score (nSPS) is 12.5. The number of rotatable bonds is 9. The molecule has 0 aliphatic heterocycles. The number of benzene rings is 3. The smallest absolute Gasteiger partial charge is 0.162 e. The first kappa shape index (κ1) is 39.1. The average molecular weight is 889 g/mol. The van der Waals surface area contributed by atoms with E-state index in [1.807, 2.05) is 27.7 Å². The van der Waals surface area contributed by atoms with Crippen LogP contribution in [0.25, 0.3) is 42.3 Å². The van der Waals surface area contributed by atoms with Crippen LogP contribution in [0.3, 0.4) is 0 Å². The number of carbonyl (C=O) groups is 1. The molecule has 1 N–H and O–H groups in total. The van der Waals surface area contributed by atoms with E-state index >= 15 is 0 Å². The van der Waals surface area contributed by atoms with Gasteiger partial charge in [-0.05, 0) is 25.7 Å². The second-order valence-electron chi connectivity index (χ2n) is 14.4. The van der Waals surface area contributed by atoms with E-state index < -0.39 is 13.3 Å². The zero-order chi connectivity index (χ0) is 33.8. The molecule has 3 aromatic carbocycles. The number of hydrogen-bond donors (Lipinski definition) is 1. The Morgan fingerprint density at radius 2 is 1.55 bits per heavy atom. The summed E-state index contributed by atoms with van der Waals surface area (Å²) < 4.78 is 3.94. The number of aliphatic hydroxyl groups excluding tert-OH is 1. The topological polar surface area (TPSA) is 63.1 Å². The van der Waals surface area contributed by atoms with Gasteiger partial charge in [-0.25, -0.2) is 0 Å². The van der Waals surface area contributed by atoms with Crippen molar-refractivity contribution >= 4 is 65.9 Å². The van der Waals surface area contributed by atoms with Crippen molar-refractivity contribution in [1.29, 1.82) is 0 Å². The van der Waals surface area contributed by atoms with Gasteiger partial charge in [-0.3, -0.25) is 4.79 Å². The summed E-state index contributed by atoms with van der Waals surface area (Å²) >= 11 is -0.299. The zero-order valence-electron chi connectivity index (χ0n) is 29.7. The second-order valence-corrected chi connectivity index (χ2v) is 26.0. The number of fused-ring (bicyclic) bond motifs is 4. The minimum absolute atomic E-state index is 0. The van der Waals surface area contributed by atoms with Crippen molar-refractivity contribution in [3.05, 3.63) is 78.3 Å². The number of thiophene rings is 1. The van der Waals surface area contributed by atoms with E-state index in [2.05, 4.69) is 97.6 Å². The fourth-order valence-electron chi connectivity index (χ4n) is 5.99. The monoisotopic (exact) mass is 890 g/mol. The maximum atomic E-state index is 11.7. The van der Waals surface area contributed by atoms with Crippen molar-refractivity contribution in [3.8, 4) is 11.3 Å². The Morgan fingerprint density at radius 1 is 0.915 bits per heavy atom. The standard InChI is InChI=1S/C27H27GeN2S.C13H24O2.Ir/c1-27(2,3)19-11-12-21-23(15-19)31-26-24(29-16-30-25(21)26)18-13-17-9-7-8-10-20(17)22(14-18)28(4,5)6;1-5-10(6-2)12(14)9-13(15)11(7-3)8-4;/h7-12,14-16H,1-6H3;9-11,14H,5-8H2,1-4H3;/q-1;;/b;12-9-;. The molecule has 5 aromatic rings. The number of nitrogens with zero attached hydrogens (tertiary/aromatic N) is 2.